The number of aromatic nitrogens is 2. The Morgan fingerprint density at radius 1 is 0.944 bits per heavy atom. The van der Waals surface area contributed by atoms with Crippen molar-refractivity contribution in [2.24, 2.45) is 5.92 Å². The number of nitrogens with one attached hydrogen (secondary N) is 1. The molecule has 1 saturated heterocycles. The molecule has 2 aromatic carbocycles. The van der Waals surface area contributed by atoms with Gasteiger partial charge in [0.15, 0.2) is 0 Å². The minimum Gasteiger partial charge on any atom is -0.356 e. The van der Waals surface area contributed by atoms with Crippen molar-refractivity contribution in [2.45, 2.75) is 38.8 Å². The summed E-state index contributed by atoms with van der Waals surface area (Å²) in [6.45, 7) is 5.35. The van der Waals surface area contributed by atoms with Crippen LogP contribution in [-0.2, 0) is 24.3 Å². The van der Waals surface area contributed by atoms with E-state index in [-0.39, 0.29) is 11.8 Å². The van der Waals surface area contributed by atoms with E-state index < -0.39 is 0 Å². The molecule has 1 amide bonds. The van der Waals surface area contributed by atoms with Gasteiger partial charge >= 0.3 is 0 Å². The molecule has 0 unspecified atom stereocenters. The number of halogens is 1. The average molecular weight is 549 g/mol. The molecule has 1 fully saturated rings. The number of rotatable bonds is 0. The molecule has 3 aromatic rings. The Hall–Kier alpha value is -2.61. The average Bonchev–Trinajstić information content (AvgIpc) is 2.87. The van der Waals surface area contributed by atoms with Gasteiger partial charge in [-0.3, -0.25) is 9.69 Å². The third kappa shape index (κ3) is 6.58. The third-order valence-corrected chi connectivity index (χ3v) is 7.63. The maximum absolute atomic E-state index is 12.7. The molecule has 0 aliphatic carbocycles. The molecule has 36 heavy (non-hydrogen) atoms. The van der Waals surface area contributed by atoms with Crippen LogP contribution in [0.25, 0.3) is 11.3 Å². The molecule has 6 heterocycles. The van der Waals surface area contributed by atoms with Gasteiger partial charge in [0.2, 0.25) is 5.91 Å². The fraction of sp³-hybridized carbons (Fsp3) is 0.414. The zero-order valence-electron chi connectivity index (χ0n) is 20.9. The lowest BCUT2D eigenvalue weighted by molar-refractivity contribution is -0.126. The predicted molar refractivity (Wildman–Crippen MR) is 146 cm³/mol. The van der Waals surface area contributed by atoms with E-state index in [2.05, 4.69) is 85.5 Å². The maximum atomic E-state index is 12.7. The molecule has 0 spiro atoms. The van der Waals surface area contributed by atoms with Crippen molar-refractivity contribution in [3.8, 4) is 11.3 Å². The fourth-order valence-electron chi connectivity index (χ4n) is 5.23. The Morgan fingerprint density at radius 3 is 2.53 bits per heavy atom. The first-order chi connectivity index (χ1) is 17.5. The van der Waals surface area contributed by atoms with Crippen molar-refractivity contribution in [1.82, 2.24) is 25.1 Å². The normalized spacial score (nSPS) is 21.8. The van der Waals surface area contributed by atoms with Gasteiger partial charge < -0.3 is 10.2 Å². The van der Waals surface area contributed by atoms with Crippen LogP contribution < -0.4 is 5.32 Å². The van der Waals surface area contributed by atoms with E-state index in [1.165, 1.54) is 16.7 Å². The first-order valence-corrected chi connectivity index (χ1v) is 13.7. The summed E-state index contributed by atoms with van der Waals surface area (Å²) in [7, 11) is 2.14. The van der Waals surface area contributed by atoms with E-state index in [0.717, 1.165) is 80.1 Å². The summed E-state index contributed by atoms with van der Waals surface area (Å²) in [5.41, 5.74) is 5.79. The summed E-state index contributed by atoms with van der Waals surface area (Å²) in [5, 5.41) is 3.18. The van der Waals surface area contributed by atoms with Crippen molar-refractivity contribution in [2.75, 3.05) is 33.2 Å². The molecule has 188 valence electrons. The van der Waals surface area contributed by atoms with Gasteiger partial charge in [0.05, 0.1) is 5.69 Å². The summed E-state index contributed by atoms with van der Waals surface area (Å²) in [4.78, 5) is 26.9. The molecule has 8 rings (SSSR count). The summed E-state index contributed by atoms with van der Waals surface area (Å²) in [6.07, 6.45) is 5.34. The molecule has 0 saturated carbocycles. The lowest BCUT2D eigenvalue weighted by Crippen LogP contribution is -2.40. The maximum Gasteiger partial charge on any atom is 0.223 e. The van der Waals surface area contributed by atoms with Crippen LogP contribution in [0.2, 0.25) is 0 Å². The number of hydrogen-bond donors (Lipinski definition) is 1. The van der Waals surface area contributed by atoms with E-state index in [1.807, 2.05) is 12.3 Å². The second-order valence-corrected chi connectivity index (χ2v) is 11.0. The first kappa shape index (κ1) is 25.1. The second kappa shape index (κ2) is 11.6. The Morgan fingerprint density at radius 2 is 1.72 bits per heavy atom. The van der Waals surface area contributed by atoms with Gasteiger partial charge in [-0.1, -0.05) is 46.3 Å². The van der Waals surface area contributed by atoms with E-state index in [1.54, 1.807) is 0 Å². The quantitative estimate of drug-likeness (QED) is 0.443. The van der Waals surface area contributed by atoms with Gasteiger partial charge in [0.25, 0.3) is 0 Å². The molecule has 1 aromatic heterocycles. The van der Waals surface area contributed by atoms with Crippen LogP contribution in [0.5, 0.6) is 0 Å². The minimum absolute atomic E-state index is 0.126. The van der Waals surface area contributed by atoms with Crippen molar-refractivity contribution >= 4 is 21.8 Å². The van der Waals surface area contributed by atoms with Gasteiger partial charge in [-0.25, -0.2) is 9.97 Å². The van der Waals surface area contributed by atoms with Gasteiger partial charge in [0, 0.05) is 48.2 Å². The zero-order chi connectivity index (χ0) is 24.9. The molecule has 6 nitrogen and oxygen atoms in total. The number of carbonyl (C=O) groups is 1. The van der Waals surface area contributed by atoms with Crippen LogP contribution in [-0.4, -0.2) is 58.9 Å². The van der Waals surface area contributed by atoms with E-state index >= 15 is 0 Å². The van der Waals surface area contributed by atoms with Crippen LogP contribution >= 0.6 is 15.9 Å². The van der Waals surface area contributed by atoms with Crippen LogP contribution in [0.15, 0.2) is 59.2 Å². The molecular formula is C29H34BrN5O. The lowest BCUT2D eigenvalue weighted by Gasteiger charge is -2.31. The number of nitrogens with zero attached hydrogens (tertiary/aromatic N) is 4. The van der Waals surface area contributed by atoms with Gasteiger partial charge in [-0.05, 0) is 80.8 Å². The number of carbonyl (C=O) groups excluding carboxylic acids is 1. The smallest absolute Gasteiger partial charge is 0.223 e. The Bertz CT molecular complexity index is 1190. The summed E-state index contributed by atoms with van der Waals surface area (Å²) >= 11 is 3.70. The highest BCUT2D eigenvalue weighted by Crippen LogP contribution is 2.24. The number of amides is 1. The fourth-order valence-corrected chi connectivity index (χ4v) is 5.81. The van der Waals surface area contributed by atoms with Crippen molar-refractivity contribution < 1.29 is 4.79 Å². The molecule has 5 aliphatic heterocycles. The van der Waals surface area contributed by atoms with Crippen LogP contribution in [0.4, 0.5) is 0 Å². The Labute approximate surface area is 222 Å². The van der Waals surface area contributed by atoms with E-state index in [0.29, 0.717) is 6.42 Å². The van der Waals surface area contributed by atoms with Crippen molar-refractivity contribution in [3.63, 3.8) is 0 Å². The molecular weight excluding hydrogens is 514 g/mol. The highest BCUT2D eigenvalue weighted by Gasteiger charge is 2.25. The highest BCUT2D eigenvalue weighted by atomic mass is 79.9. The second-order valence-electron chi connectivity index (χ2n) is 10.1. The SMILES string of the molecule is CN1CCCNC(=O)C2CCN(CC2)Cc2cc(Br)cc(c2)Cc2nccc(n2)-c2ccc(cc2)C1. The van der Waals surface area contributed by atoms with E-state index in [4.69, 9.17) is 4.98 Å². The zero-order valence-corrected chi connectivity index (χ0v) is 22.5. The first-order valence-electron chi connectivity index (χ1n) is 12.9. The summed E-state index contributed by atoms with van der Waals surface area (Å²) in [5.74, 6) is 1.17. The summed E-state index contributed by atoms with van der Waals surface area (Å²) < 4.78 is 1.08. The van der Waals surface area contributed by atoms with Crippen molar-refractivity contribution in [3.05, 3.63) is 81.7 Å². The van der Waals surface area contributed by atoms with Crippen LogP contribution in [0.3, 0.4) is 0 Å². The Balaban J connectivity index is 1.39. The molecule has 0 atom stereocenters. The molecule has 8 bridgehead atoms. The van der Waals surface area contributed by atoms with E-state index in [9.17, 15) is 4.79 Å². The number of piperidine rings is 1. The summed E-state index contributed by atoms with van der Waals surface area (Å²) in [6, 6.07) is 17.2. The third-order valence-electron chi connectivity index (χ3n) is 7.17. The topological polar surface area (TPSA) is 61.4 Å². The molecule has 0 radical (unpaired) electrons. The van der Waals surface area contributed by atoms with Crippen molar-refractivity contribution in [1.29, 1.82) is 0 Å². The molecule has 5 aliphatic rings. The van der Waals surface area contributed by atoms with Crippen LogP contribution in [0, 0.1) is 5.92 Å². The predicted octanol–water partition coefficient (Wildman–Crippen LogP) is 4.66. The van der Waals surface area contributed by atoms with Gasteiger partial charge in [-0.15, -0.1) is 0 Å². The van der Waals surface area contributed by atoms with Gasteiger partial charge in [-0.2, -0.15) is 0 Å². The number of hydrogen-bond acceptors (Lipinski definition) is 5. The molecule has 1 N–H and O–H groups in total. The van der Waals surface area contributed by atoms with Gasteiger partial charge in [0.1, 0.15) is 5.82 Å². The largest absolute Gasteiger partial charge is 0.356 e. The Kier molecular flexibility index (Phi) is 8.09. The highest BCUT2D eigenvalue weighted by molar-refractivity contribution is 9.10. The standard InChI is InChI=1S/C29H34BrN5O/c1-34-12-2-10-32-29(36)25-8-13-35(14-9-25)20-23-15-22(16-26(30)17-23)18-28-31-11-7-27(33-28)24-5-3-21(19-34)4-6-24/h3-7,11,15-17,25H,2,8-10,12-14,18-20H2,1H3,(H,32,36). The van der Waals surface area contributed by atoms with Crippen LogP contribution in [0.1, 0.15) is 41.8 Å². The number of benzene rings is 2. The minimum atomic E-state index is 0.126. The lowest BCUT2D eigenvalue weighted by atomic mass is 9.95. The monoisotopic (exact) mass is 547 g/mol. The molecule has 7 heteroatoms.